The zero-order valence-corrected chi connectivity index (χ0v) is 51.8. The summed E-state index contributed by atoms with van der Waals surface area (Å²) < 4.78 is 23.6. The highest BCUT2D eigenvalue weighted by atomic mass is 79.9. The summed E-state index contributed by atoms with van der Waals surface area (Å²) in [6.45, 7) is 24.5. The number of hydrogen-bond acceptors (Lipinski definition) is 11. The molecule has 0 atom stereocenters. The zero-order chi connectivity index (χ0) is 49.6. The molecule has 0 aliphatic carbocycles. The number of hydrogen-bond donors (Lipinski definition) is 2. The lowest BCUT2D eigenvalue weighted by atomic mass is 10.2. The van der Waals surface area contributed by atoms with E-state index in [1.54, 1.807) is 23.5 Å². The molecule has 6 rings (SSSR count). The molecule has 6 aromatic rings. The standard InChI is InChI=1S/2C15H22BrN3OSSi.C9H8BrN3S.C6H15ClOSi/c1-21-15-17-14(12-5-7-13(16)8-6-12)19(18-15)11-20-9-10-22(2,3)4;1-21-15-17-14(12-5-7-13(16)8-6-12)18-19(15)11-20-9-10-22(2,3)4;1-14-9-11-8(12-13-9)6-2-4-7(10)5-3-6;1-9(2,3)5-4-8-6-7/h2*5-8H,9-11H2,1-4H3;2-5H,1H3,(H,11,12,13);4-6H2,1-3H3/p+1. The number of H-pyrrole nitrogens is 2. The Morgan fingerprint density at radius 2 is 1.10 bits per heavy atom. The van der Waals surface area contributed by atoms with Crippen LogP contribution in [0.2, 0.25) is 77.1 Å². The van der Waals surface area contributed by atoms with Crippen LogP contribution in [0.4, 0.5) is 0 Å². The summed E-state index contributed by atoms with van der Waals surface area (Å²) in [6, 6.07) is 28.0. The molecule has 0 radical (unpaired) electrons. The van der Waals surface area contributed by atoms with Crippen molar-refractivity contribution in [1.29, 1.82) is 0 Å². The predicted molar refractivity (Wildman–Crippen MR) is 303 cm³/mol. The minimum Gasteiger partial charge on any atom is -0.366 e. The first kappa shape index (κ1) is 59.7. The summed E-state index contributed by atoms with van der Waals surface area (Å²) in [4.78, 5) is 13.5. The maximum atomic E-state index is 5.85. The molecule has 368 valence electrons. The Labute approximate surface area is 444 Å². The fourth-order valence-electron chi connectivity index (χ4n) is 5.21. The van der Waals surface area contributed by atoms with Crippen LogP contribution < -0.4 is 4.68 Å². The van der Waals surface area contributed by atoms with E-state index in [1.807, 2.05) is 88.8 Å². The summed E-state index contributed by atoms with van der Waals surface area (Å²) >= 11 is 20.3. The van der Waals surface area contributed by atoms with Crippen molar-refractivity contribution in [3.05, 3.63) is 86.2 Å². The van der Waals surface area contributed by atoms with E-state index >= 15 is 0 Å². The lowest BCUT2D eigenvalue weighted by Crippen LogP contribution is -2.39. The zero-order valence-electron chi connectivity index (χ0n) is 40.9. The van der Waals surface area contributed by atoms with Crippen LogP contribution in [0.3, 0.4) is 0 Å². The van der Waals surface area contributed by atoms with Crippen LogP contribution in [-0.4, -0.2) is 109 Å². The summed E-state index contributed by atoms with van der Waals surface area (Å²) in [5, 5.41) is 17.3. The molecule has 0 amide bonds. The first-order chi connectivity index (χ1) is 31.6. The van der Waals surface area contributed by atoms with E-state index in [2.05, 4.69) is 154 Å². The van der Waals surface area contributed by atoms with Crippen molar-refractivity contribution in [1.82, 2.24) is 40.0 Å². The van der Waals surface area contributed by atoms with Gasteiger partial charge < -0.3 is 14.2 Å². The topological polar surface area (TPSA) is 133 Å². The Kier molecular flexibility index (Phi) is 27.0. The molecule has 2 N–H and O–H groups in total. The molecule has 0 spiro atoms. The molecule has 0 aliphatic heterocycles. The van der Waals surface area contributed by atoms with Crippen LogP contribution in [-0.2, 0) is 27.7 Å². The third-order valence-corrected chi connectivity index (χ3v) is 17.8. The van der Waals surface area contributed by atoms with E-state index in [4.69, 9.17) is 25.8 Å². The van der Waals surface area contributed by atoms with Gasteiger partial charge in [-0.05, 0) is 90.4 Å². The quantitative estimate of drug-likeness (QED) is 0.0249. The summed E-state index contributed by atoms with van der Waals surface area (Å²) in [6.07, 6.45) is 5.98. The third kappa shape index (κ3) is 24.4. The van der Waals surface area contributed by atoms with Crippen LogP contribution >= 0.6 is 94.7 Å². The van der Waals surface area contributed by atoms with Crippen LogP contribution in [0.25, 0.3) is 34.2 Å². The molecule has 3 aromatic carbocycles. The summed E-state index contributed by atoms with van der Waals surface area (Å²) in [5.41, 5.74) is 3.13. The van der Waals surface area contributed by atoms with Crippen LogP contribution in [0.15, 0.2) is 102 Å². The van der Waals surface area contributed by atoms with E-state index < -0.39 is 24.2 Å². The number of ether oxygens (including phenoxy) is 3. The highest BCUT2D eigenvalue weighted by molar-refractivity contribution is 9.11. The Balaban J connectivity index is 0.000000249. The van der Waals surface area contributed by atoms with Crippen molar-refractivity contribution < 1.29 is 18.9 Å². The van der Waals surface area contributed by atoms with E-state index in [-0.39, 0.29) is 0 Å². The number of nitrogens with one attached hydrogen (secondary N) is 2. The van der Waals surface area contributed by atoms with Crippen LogP contribution in [0.5, 0.6) is 0 Å². The SMILES string of the molecule is CSc1n[nH]c(-c2ccc(Br)cc2)n1.CSc1nc(-c2ccc(Br)cc2)[n+](COCC[Si](C)(C)C)[nH]1.CSc1nc(-c2ccc(Br)cc2)nn1COCC[Si](C)(C)C.C[Si](C)(C)CCOCCl. The highest BCUT2D eigenvalue weighted by Gasteiger charge is 2.22. The number of benzene rings is 3. The molecule has 0 fully saturated rings. The second-order valence-electron chi connectivity index (χ2n) is 18.6. The maximum Gasteiger partial charge on any atom is 0.354 e. The Hall–Kier alpha value is -1.61. The van der Waals surface area contributed by atoms with Gasteiger partial charge in [-0.3, -0.25) is 5.10 Å². The van der Waals surface area contributed by atoms with Gasteiger partial charge in [-0.1, -0.05) is 178 Å². The molecule has 0 bridgehead atoms. The first-order valence-corrected chi connectivity index (χ1v) is 39.4. The third-order valence-electron chi connectivity index (χ3n) is 9.18. The second-order valence-corrected chi connectivity index (χ2v) is 40.8. The smallest absolute Gasteiger partial charge is 0.354 e. The lowest BCUT2D eigenvalue weighted by Gasteiger charge is -2.15. The molecule has 3 aromatic heterocycles. The van der Waals surface area contributed by atoms with Gasteiger partial charge in [-0.2, -0.15) is 5.10 Å². The Morgan fingerprint density at radius 1 is 0.612 bits per heavy atom. The molecule has 0 unspecified atom stereocenters. The average Bonchev–Trinajstić information content (AvgIpc) is 4.04. The van der Waals surface area contributed by atoms with Gasteiger partial charge in [-0.25, -0.2) is 14.6 Å². The molecular weight excluding hydrogens is 1170 g/mol. The monoisotopic (exact) mass is 1230 g/mol. The van der Waals surface area contributed by atoms with Gasteiger partial charge in [0.25, 0.3) is 0 Å². The molecule has 22 heteroatoms. The Morgan fingerprint density at radius 3 is 1.57 bits per heavy atom. The maximum absolute atomic E-state index is 5.85. The van der Waals surface area contributed by atoms with E-state index in [0.29, 0.717) is 19.5 Å². The van der Waals surface area contributed by atoms with Crippen molar-refractivity contribution in [2.75, 3.05) is 44.7 Å². The van der Waals surface area contributed by atoms with Crippen molar-refractivity contribution in [3.63, 3.8) is 0 Å². The minimum atomic E-state index is -1.05. The van der Waals surface area contributed by atoms with Crippen molar-refractivity contribution >= 4 is 119 Å². The summed E-state index contributed by atoms with van der Waals surface area (Å²) in [5.74, 6) is 2.46. The van der Waals surface area contributed by atoms with Gasteiger partial charge in [-0.15, -0.1) is 14.9 Å². The highest BCUT2D eigenvalue weighted by Crippen LogP contribution is 2.24. The molecule has 0 aliphatic rings. The summed E-state index contributed by atoms with van der Waals surface area (Å²) in [7, 11) is -2.98. The van der Waals surface area contributed by atoms with E-state index in [0.717, 1.165) is 88.9 Å². The number of aromatic amines is 2. The van der Waals surface area contributed by atoms with Gasteiger partial charge in [0.05, 0.1) is 5.56 Å². The molecule has 0 saturated heterocycles. The van der Waals surface area contributed by atoms with Crippen LogP contribution in [0, 0.1) is 0 Å². The van der Waals surface area contributed by atoms with Gasteiger partial charge in [0, 0.05) is 68.6 Å². The number of aromatic nitrogens is 9. The van der Waals surface area contributed by atoms with Crippen molar-refractivity contribution in [2.45, 2.75) is 106 Å². The predicted octanol–water partition coefficient (Wildman–Crippen LogP) is 14.4. The molecular formula is C45H68Br3ClN9O3S3Si3+. The normalized spacial score (nSPS) is 11.6. The molecule has 67 heavy (non-hydrogen) atoms. The van der Waals surface area contributed by atoms with Crippen molar-refractivity contribution in [2.24, 2.45) is 0 Å². The lowest BCUT2D eigenvalue weighted by molar-refractivity contribution is -0.774. The van der Waals surface area contributed by atoms with E-state index in [9.17, 15) is 0 Å². The number of alkyl halides is 1. The largest absolute Gasteiger partial charge is 0.366 e. The fourth-order valence-corrected chi connectivity index (χ4v) is 9.56. The number of nitrogens with zero attached hydrogens (tertiary/aromatic N) is 7. The molecule has 12 nitrogen and oxygen atoms in total. The van der Waals surface area contributed by atoms with Gasteiger partial charge in [0.2, 0.25) is 11.9 Å². The molecule has 3 heterocycles. The van der Waals surface area contributed by atoms with Crippen LogP contribution in [0.1, 0.15) is 0 Å². The number of rotatable bonds is 20. The first-order valence-electron chi connectivity index (χ1n) is 21.7. The number of halogens is 4. The average molecular weight is 1240 g/mol. The second kappa shape index (κ2) is 30.3. The minimum absolute atomic E-state index is 0.338. The fraction of sp³-hybridized carbons (Fsp3) is 0.467. The van der Waals surface area contributed by atoms with Gasteiger partial charge in [0.15, 0.2) is 16.8 Å². The van der Waals surface area contributed by atoms with Gasteiger partial charge >= 0.3 is 11.0 Å². The molecule has 0 saturated carbocycles. The Bertz CT molecular complexity index is 2310. The van der Waals surface area contributed by atoms with Gasteiger partial charge in [0.1, 0.15) is 12.8 Å². The van der Waals surface area contributed by atoms with E-state index in [1.165, 1.54) is 23.9 Å². The number of thioether (sulfide) groups is 3. The van der Waals surface area contributed by atoms with Crippen molar-refractivity contribution in [3.8, 4) is 34.2 Å².